The van der Waals surface area contributed by atoms with Gasteiger partial charge in [-0.05, 0) is 43.5 Å². The first-order valence-electron chi connectivity index (χ1n) is 9.92. The molecule has 1 N–H and O–H groups in total. The average molecular weight is 378 g/mol. The van der Waals surface area contributed by atoms with E-state index in [-0.39, 0.29) is 11.9 Å². The minimum absolute atomic E-state index is 0.139. The minimum atomic E-state index is 0.139. The van der Waals surface area contributed by atoms with Crippen molar-refractivity contribution in [2.24, 2.45) is 0 Å². The number of hydrogen-bond acceptors (Lipinski definition) is 5. The van der Waals surface area contributed by atoms with Gasteiger partial charge >= 0.3 is 0 Å². The molecule has 1 atom stereocenters. The summed E-state index contributed by atoms with van der Waals surface area (Å²) >= 11 is 0. The van der Waals surface area contributed by atoms with Crippen LogP contribution in [0.1, 0.15) is 37.8 Å². The van der Waals surface area contributed by atoms with Crippen LogP contribution >= 0.6 is 0 Å². The molecule has 0 unspecified atom stereocenters. The van der Waals surface area contributed by atoms with Gasteiger partial charge in [0.15, 0.2) is 11.5 Å². The van der Waals surface area contributed by atoms with Gasteiger partial charge in [-0.2, -0.15) is 0 Å². The van der Waals surface area contributed by atoms with Crippen molar-refractivity contribution in [2.45, 2.75) is 46.2 Å². The number of rotatable bonds is 9. The van der Waals surface area contributed by atoms with Crippen molar-refractivity contribution in [3.8, 4) is 11.5 Å². The number of methoxy groups -OCH3 is 2. The molecule has 0 aliphatic carbocycles. The summed E-state index contributed by atoms with van der Waals surface area (Å²) in [6, 6.07) is 4.37. The van der Waals surface area contributed by atoms with Crippen molar-refractivity contribution in [3.63, 3.8) is 0 Å². The van der Waals surface area contributed by atoms with Crippen LogP contribution in [0.2, 0.25) is 0 Å². The van der Waals surface area contributed by atoms with Gasteiger partial charge in [0.1, 0.15) is 0 Å². The van der Waals surface area contributed by atoms with Crippen LogP contribution in [0.5, 0.6) is 11.5 Å². The maximum atomic E-state index is 12.2. The molecule has 6 heteroatoms. The van der Waals surface area contributed by atoms with Crippen molar-refractivity contribution in [3.05, 3.63) is 23.3 Å². The summed E-state index contributed by atoms with van der Waals surface area (Å²) in [5.74, 6) is 1.68. The van der Waals surface area contributed by atoms with E-state index in [1.807, 2.05) is 6.07 Å². The molecular weight excluding hydrogens is 342 g/mol. The number of amides is 1. The average Bonchev–Trinajstić information content (AvgIpc) is 2.64. The Morgan fingerprint density at radius 1 is 1.11 bits per heavy atom. The molecule has 152 valence electrons. The van der Waals surface area contributed by atoms with Crippen LogP contribution < -0.4 is 14.8 Å². The molecule has 1 aromatic carbocycles. The molecule has 27 heavy (non-hydrogen) atoms. The van der Waals surface area contributed by atoms with Gasteiger partial charge in [-0.25, -0.2) is 0 Å². The molecule has 1 heterocycles. The van der Waals surface area contributed by atoms with E-state index in [1.165, 1.54) is 11.1 Å². The summed E-state index contributed by atoms with van der Waals surface area (Å²) < 4.78 is 10.8. The zero-order valence-corrected chi connectivity index (χ0v) is 17.5. The first-order valence-corrected chi connectivity index (χ1v) is 9.92. The van der Waals surface area contributed by atoms with E-state index in [0.29, 0.717) is 6.54 Å². The topological polar surface area (TPSA) is 54.0 Å². The van der Waals surface area contributed by atoms with Crippen LogP contribution in [-0.2, 0) is 11.3 Å². The molecule has 0 saturated carbocycles. The van der Waals surface area contributed by atoms with Gasteiger partial charge in [-0.15, -0.1) is 0 Å². The summed E-state index contributed by atoms with van der Waals surface area (Å²) in [6.45, 7) is 11.5. The lowest BCUT2D eigenvalue weighted by Gasteiger charge is -2.34. The Kier molecular flexibility index (Phi) is 8.38. The Balaban J connectivity index is 1.83. The first kappa shape index (κ1) is 21.5. The molecule has 1 amide bonds. The lowest BCUT2D eigenvalue weighted by molar-refractivity contribution is -0.123. The number of nitrogens with zero attached hydrogens (tertiary/aromatic N) is 2. The number of piperazine rings is 1. The lowest BCUT2D eigenvalue weighted by Crippen LogP contribution is -2.50. The van der Waals surface area contributed by atoms with Gasteiger partial charge in [0.2, 0.25) is 5.91 Å². The molecule has 1 aliphatic rings. The molecular formula is C21H35N3O3. The van der Waals surface area contributed by atoms with Gasteiger partial charge in [-0.1, -0.05) is 13.3 Å². The van der Waals surface area contributed by atoms with E-state index < -0.39 is 0 Å². The molecule has 0 spiro atoms. The number of ether oxygens (including phenoxy) is 2. The summed E-state index contributed by atoms with van der Waals surface area (Å²) in [5, 5.41) is 3.09. The molecule has 1 aromatic rings. The van der Waals surface area contributed by atoms with Crippen molar-refractivity contribution in [2.75, 3.05) is 46.9 Å². The predicted molar refractivity (Wildman–Crippen MR) is 109 cm³/mol. The van der Waals surface area contributed by atoms with Crippen molar-refractivity contribution in [1.82, 2.24) is 15.1 Å². The third kappa shape index (κ3) is 6.40. The quantitative estimate of drug-likeness (QED) is 0.716. The van der Waals surface area contributed by atoms with Gasteiger partial charge in [0.25, 0.3) is 0 Å². The summed E-state index contributed by atoms with van der Waals surface area (Å²) in [5.41, 5.74) is 2.46. The minimum Gasteiger partial charge on any atom is -0.493 e. The van der Waals surface area contributed by atoms with Crippen LogP contribution in [0.4, 0.5) is 0 Å². The number of benzene rings is 1. The van der Waals surface area contributed by atoms with Crippen molar-refractivity contribution in [1.29, 1.82) is 0 Å². The number of nitrogens with one attached hydrogen (secondary N) is 1. The van der Waals surface area contributed by atoms with Crippen LogP contribution in [0, 0.1) is 6.92 Å². The Hall–Kier alpha value is -1.79. The second-order valence-corrected chi connectivity index (χ2v) is 7.44. The van der Waals surface area contributed by atoms with Gasteiger partial charge < -0.3 is 14.8 Å². The van der Waals surface area contributed by atoms with E-state index in [2.05, 4.69) is 42.0 Å². The summed E-state index contributed by atoms with van der Waals surface area (Å²) in [7, 11) is 3.33. The molecule has 1 fully saturated rings. The summed E-state index contributed by atoms with van der Waals surface area (Å²) in [4.78, 5) is 16.8. The number of carbonyl (C=O) groups is 1. The van der Waals surface area contributed by atoms with E-state index in [1.54, 1.807) is 14.2 Å². The smallest absolute Gasteiger partial charge is 0.234 e. The monoisotopic (exact) mass is 377 g/mol. The molecule has 1 saturated heterocycles. The maximum Gasteiger partial charge on any atom is 0.234 e. The normalized spacial score (nSPS) is 16.8. The van der Waals surface area contributed by atoms with E-state index >= 15 is 0 Å². The standard InChI is InChI=1S/C21H35N3O3/c1-6-7-17(3)22-21(25)15-24-10-8-23(9-11-24)14-18-13-20(27-5)19(26-4)12-16(18)2/h12-13,17H,6-11,14-15H2,1-5H3,(H,22,25)/t17-/m0/s1. The summed E-state index contributed by atoms with van der Waals surface area (Å²) in [6.07, 6.45) is 2.12. The first-order chi connectivity index (χ1) is 13.0. The maximum absolute atomic E-state index is 12.2. The van der Waals surface area contributed by atoms with Crippen molar-refractivity contribution < 1.29 is 14.3 Å². The Morgan fingerprint density at radius 2 is 1.70 bits per heavy atom. The third-order valence-corrected chi connectivity index (χ3v) is 5.20. The highest BCUT2D eigenvalue weighted by Crippen LogP contribution is 2.30. The highest BCUT2D eigenvalue weighted by molar-refractivity contribution is 5.78. The zero-order chi connectivity index (χ0) is 19.8. The van der Waals surface area contributed by atoms with E-state index in [9.17, 15) is 4.79 Å². The van der Waals surface area contributed by atoms with E-state index in [0.717, 1.165) is 57.1 Å². The Morgan fingerprint density at radius 3 is 2.30 bits per heavy atom. The molecule has 0 aromatic heterocycles. The highest BCUT2D eigenvalue weighted by Gasteiger charge is 2.20. The molecule has 0 bridgehead atoms. The van der Waals surface area contributed by atoms with Gasteiger partial charge in [0, 0.05) is 38.8 Å². The highest BCUT2D eigenvalue weighted by atomic mass is 16.5. The molecule has 0 radical (unpaired) electrons. The van der Waals surface area contributed by atoms with Crippen LogP contribution in [0.25, 0.3) is 0 Å². The fourth-order valence-corrected chi connectivity index (χ4v) is 3.57. The second-order valence-electron chi connectivity index (χ2n) is 7.44. The molecule has 6 nitrogen and oxygen atoms in total. The fourth-order valence-electron chi connectivity index (χ4n) is 3.57. The number of aryl methyl sites for hydroxylation is 1. The van der Waals surface area contributed by atoms with Crippen LogP contribution in [0.3, 0.4) is 0 Å². The second kappa shape index (κ2) is 10.5. The Labute approximate surface area is 163 Å². The van der Waals surface area contributed by atoms with Gasteiger partial charge in [-0.3, -0.25) is 14.6 Å². The number of carbonyl (C=O) groups excluding carboxylic acids is 1. The zero-order valence-electron chi connectivity index (χ0n) is 17.5. The number of hydrogen-bond donors (Lipinski definition) is 1. The Bertz CT molecular complexity index is 613. The van der Waals surface area contributed by atoms with Crippen LogP contribution in [-0.4, -0.2) is 68.7 Å². The van der Waals surface area contributed by atoms with Gasteiger partial charge in [0.05, 0.1) is 20.8 Å². The van der Waals surface area contributed by atoms with Crippen LogP contribution in [0.15, 0.2) is 12.1 Å². The predicted octanol–water partition coefficient (Wildman–Crippen LogP) is 2.43. The molecule has 2 rings (SSSR count). The third-order valence-electron chi connectivity index (χ3n) is 5.20. The lowest BCUT2D eigenvalue weighted by atomic mass is 10.1. The fraction of sp³-hybridized carbons (Fsp3) is 0.667. The van der Waals surface area contributed by atoms with Crippen molar-refractivity contribution >= 4 is 5.91 Å². The molecule has 1 aliphatic heterocycles. The van der Waals surface area contributed by atoms with E-state index in [4.69, 9.17) is 9.47 Å². The SMILES string of the molecule is CCC[C@H](C)NC(=O)CN1CCN(Cc2cc(OC)c(OC)cc2C)CC1. The largest absolute Gasteiger partial charge is 0.493 e.